The highest BCUT2D eigenvalue weighted by molar-refractivity contribution is 6.42. The topological polar surface area (TPSA) is 96.3 Å². The standard InChI is InChI=1S/C18H15Cl2F3N8O/c19-10-5-12-13(6-11(10)20)27-14(26-12)8-24-16-29-17(30-1-3-32-4-2-30)28-15-9(18(21,22)23)7-25-31(15)16/h5-7H,1-4,8H2,(H,26,27)(H,24,28,29). The number of benzene rings is 1. The third kappa shape index (κ3) is 3.89. The number of morpholine rings is 1. The number of H-pyrrole nitrogens is 1. The van der Waals surface area contributed by atoms with Gasteiger partial charge in [0.05, 0.1) is 47.0 Å². The van der Waals surface area contributed by atoms with Crippen LogP contribution in [-0.4, -0.2) is 55.9 Å². The van der Waals surface area contributed by atoms with Gasteiger partial charge in [0.2, 0.25) is 11.9 Å². The Kier molecular flexibility index (Phi) is 5.22. The molecular formula is C18H15Cl2F3N8O. The number of aromatic nitrogens is 6. The molecule has 4 heterocycles. The largest absolute Gasteiger partial charge is 0.421 e. The van der Waals surface area contributed by atoms with Crippen molar-refractivity contribution in [3.05, 3.63) is 39.8 Å². The average molecular weight is 487 g/mol. The van der Waals surface area contributed by atoms with Gasteiger partial charge in [-0.3, -0.25) is 0 Å². The van der Waals surface area contributed by atoms with Crippen molar-refractivity contribution < 1.29 is 17.9 Å². The number of fused-ring (bicyclic) bond motifs is 2. The third-order valence-electron chi connectivity index (χ3n) is 4.94. The number of rotatable bonds is 4. The van der Waals surface area contributed by atoms with Crippen molar-refractivity contribution in [3.8, 4) is 0 Å². The number of ether oxygens (including phenoxy) is 1. The normalized spacial score (nSPS) is 15.1. The Morgan fingerprint density at radius 1 is 1.09 bits per heavy atom. The van der Waals surface area contributed by atoms with Crippen molar-refractivity contribution in [3.63, 3.8) is 0 Å². The third-order valence-corrected chi connectivity index (χ3v) is 5.66. The summed E-state index contributed by atoms with van der Waals surface area (Å²) in [5.41, 5.74) is 0.0121. The van der Waals surface area contributed by atoms with Crippen LogP contribution in [0, 0.1) is 0 Å². The maximum Gasteiger partial charge on any atom is 0.421 e. The number of hydrogen-bond donors (Lipinski definition) is 2. The molecule has 0 bridgehead atoms. The van der Waals surface area contributed by atoms with Crippen LogP contribution in [-0.2, 0) is 17.5 Å². The molecule has 3 aromatic heterocycles. The Balaban J connectivity index is 1.51. The molecule has 0 saturated carbocycles. The van der Waals surface area contributed by atoms with Gasteiger partial charge in [-0.1, -0.05) is 23.2 Å². The first-order valence-electron chi connectivity index (χ1n) is 9.53. The van der Waals surface area contributed by atoms with Crippen molar-refractivity contribution in [2.75, 3.05) is 36.5 Å². The number of hydrogen-bond acceptors (Lipinski definition) is 7. The zero-order valence-electron chi connectivity index (χ0n) is 16.2. The molecule has 5 rings (SSSR count). The van der Waals surface area contributed by atoms with E-state index in [1.807, 2.05) is 0 Å². The minimum absolute atomic E-state index is 0.100. The molecule has 0 spiro atoms. The Bertz CT molecular complexity index is 1260. The first-order chi connectivity index (χ1) is 15.3. The van der Waals surface area contributed by atoms with Gasteiger partial charge >= 0.3 is 6.18 Å². The van der Waals surface area contributed by atoms with Gasteiger partial charge in [0, 0.05) is 13.1 Å². The smallest absolute Gasteiger partial charge is 0.378 e. The first kappa shape index (κ1) is 21.0. The van der Waals surface area contributed by atoms with Crippen molar-refractivity contribution in [2.45, 2.75) is 12.7 Å². The second-order valence-corrected chi connectivity index (χ2v) is 7.87. The van der Waals surface area contributed by atoms with E-state index >= 15 is 0 Å². The number of aromatic amines is 1. The Hall–Kier alpha value is -2.83. The van der Waals surface area contributed by atoms with Crippen LogP contribution in [0.3, 0.4) is 0 Å². The molecule has 0 atom stereocenters. The fourth-order valence-corrected chi connectivity index (χ4v) is 3.71. The Morgan fingerprint density at radius 2 is 1.84 bits per heavy atom. The zero-order chi connectivity index (χ0) is 22.5. The molecule has 1 saturated heterocycles. The molecule has 0 aliphatic carbocycles. The summed E-state index contributed by atoms with van der Waals surface area (Å²) in [5, 5.41) is 7.60. The molecule has 0 radical (unpaired) electrons. The molecule has 168 valence electrons. The molecule has 1 aromatic carbocycles. The molecule has 14 heteroatoms. The molecule has 2 N–H and O–H groups in total. The predicted octanol–water partition coefficient (Wildman–Crippen LogP) is 3.77. The Morgan fingerprint density at radius 3 is 2.59 bits per heavy atom. The zero-order valence-corrected chi connectivity index (χ0v) is 17.8. The van der Waals surface area contributed by atoms with Crippen LogP contribution in [0.5, 0.6) is 0 Å². The summed E-state index contributed by atoms with van der Waals surface area (Å²) in [7, 11) is 0. The van der Waals surface area contributed by atoms with E-state index in [2.05, 4.69) is 30.4 Å². The number of nitrogens with one attached hydrogen (secondary N) is 2. The monoisotopic (exact) mass is 486 g/mol. The Labute approximate surface area is 188 Å². The summed E-state index contributed by atoms with van der Waals surface area (Å²) in [4.78, 5) is 17.8. The number of nitrogens with zero attached hydrogens (tertiary/aromatic N) is 6. The molecule has 0 unspecified atom stereocenters. The molecule has 1 aliphatic rings. The van der Waals surface area contributed by atoms with Gasteiger partial charge in [0.15, 0.2) is 5.65 Å². The summed E-state index contributed by atoms with van der Waals surface area (Å²) in [5.74, 6) is 0.780. The van der Waals surface area contributed by atoms with E-state index in [0.29, 0.717) is 53.2 Å². The van der Waals surface area contributed by atoms with E-state index in [1.165, 1.54) is 0 Å². The highest BCUT2D eigenvalue weighted by atomic mass is 35.5. The van der Waals surface area contributed by atoms with Crippen LogP contribution in [0.4, 0.5) is 25.1 Å². The maximum atomic E-state index is 13.5. The van der Waals surface area contributed by atoms with E-state index < -0.39 is 11.7 Å². The average Bonchev–Trinajstić information content (AvgIpc) is 3.36. The lowest BCUT2D eigenvalue weighted by Crippen LogP contribution is -2.37. The molecule has 4 aromatic rings. The van der Waals surface area contributed by atoms with Crippen molar-refractivity contribution in [1.29, 1.82) is 0 Å². The lowest BCUT2D eigenvalue weighted by molar-refractivity contribution is -0.136. The minimum atomic E-state index is -4.60. The molecule has 1 fully saturated rings. The lowest BCUT2D eigenvalue weighted by atomic mass is 10.3. The highest BCUT2D eigenvalue weighted by Gasteiger charge is 2.36. The summed E-state index contributed by atoms with van der Waals surface area (Å²) < 4.78 is 46.8. The van der Waals surface area contributed by atoms with Gasteiger partial charge in [-0.15, -0.1) is 0 Å². The number of anilines is 2. The van der Waals surface area contributed by atoms with Crippen molar-refractivity contribution in [1.82, 2.24) is 29.5 Å². The van der Waals surface area contributed by atoms with E-state index in [9.17, 15) is 13.2 Å². The van der Waals surface area contributed by atoms with Crippen LogP contribution in [0.1, 0.15) is 11.4 Å². The van der Waals surface area contributed by atoms with Crippen LogP contribution in [0.25, 0.3) is 16.7 Å². The van der Waals surface area contributed by atoms with Gasteiger partial charge in [-0.05, 0) is 12.1 Å². The van der Waals surface area contributed by atoms with Gasteiger partial charge in [-0.25, -0.2) is 4.98 Å². The van der Waals surface area contributed by atoms with Crippen molar-refractivity contribution >= 4 is 51.8 Å². The van der Waals surface area contributed by atoms with Gasteiger partial charge in [0.1, 0.15) is 11.4 Å². The number of halogens is 5. The van der Waals surface area contributed by atoms with E-state index in [0.717, 1.165) is 10.7 Å². The molecular weight excluding hydrogens is 472 g/mol. The molecule has 32 heavy (non-hydrogen) atoms. The summed E-state index contributed by atoms with van der Waals surface area (Å²) >= 11 is 12.1. The van der Waals surface area contributed by atoms with Crippen LogP contribution in [0.15, 0.2) is 18.3 Å². The van der Waals surface area contributed by atoms with E-state index in [-0.39, 0.29) is 24.1 Å². The van der Waals surface area contributed by atoms with Gasteiger partial charge < -0.3 is 19.9 Å². The molecule has 9 nitrogen and oxygen atoms in total. The summed E-state index contributed by atoms with van der Waals surface area (Å²) in [6.45, 7) is 1.95. The van der Waals surface area contributed by atoms with E-state index in [1.54, 1.807) is 17.0 Å². The van der Waals surface area contributed by atoms with E-state index in [4.69, 9.17) is 27.9 Å². The highest BCUT2D eigenvalue weighted by Crippen LogP contribution is 2.33. The van der Waals surface area contributed by atoms with Crippen LogP contribution in [0.2, 0.25) is 10.0 Å². The lowest BCUT2D eigenvalue weighted by Gasteiger charge is -2.27. The van der Waals surface area contributed by atoms with Gasteiger partial charge in [0.25, 0.3) is 0 Å². The molecule has 0 amide bonds. The second-order valence-electron chi connectivity index (χ2n) is 7.06. The summed E-state index contributed by atoms with van der Waals surface area (Å²) in [6, 6.07) is 3.28. The second kappa shape index (κ2) is 7.94. The fraction of sp³-hybridized carbons (Fsp3) is 0.333. The van der Waals surface area contributed by atoms with Crippen molar-refractivity contribution in [2.24, 2.45) is 0 Å². The molecule has 1 aliphatic heterocycles. The summed E-state index contributed by atoms with van der Waals surface area (Å²) in [6.07, 6.45) is -3.86. The SMILES string of the molecule is FC(F)(F)c1cnn2c(NCc3nc4cc(Cl)c(Cl)cc4[nH]3)nc(N3CCOCC3)nc12. The fourth-order valence-electron chi connectivity index (χ4n) is 3.39. The predicted molar refractivity (Wildman–Crippen MR) is 112 cm³/mol. The quantitative estimate of drug-likeness (QED) is 0.453. The van der Waals surface area contributed by atoms with Crippen LogP contribution >= 0.6 is 23.2 Å². The first-order valence-corrected chi connectivity index (χ1v) is 10.3. The maximum absolute atomic E-state index is 13.5. The number of imidazole rings is 1. The van der Waals surface area contributed by atoms with Crippen LogP contribution < -0.4 is 10.2 Å². The number of alkyl halides is 3. The van der Waals surface area contributed by atoms with Gasteiger partial charge in [-0.2, -0.15) is 32.8 Å². The minimum Gasteiger partial charge on any atom is -0.378 e.